The van der Waals surface area contributed by atoms with E-state index in [1.807, 2.05) is 18.2 Å². The van der Waals surface area contributed by atoms with Crippen LogP contribution in [0.25, 0.3) is 22.1 Å². The van der Waals surface area contributed by atoms with Crippen LogP contribution in [0.4, 0.5) is 5.82 Å². The molecule has 0 aliphatic rings. The molecule has 3 nitrogen and oxygen atoms in total. The van der Waals surface area contributed by atoms with E-state index in [4.69, 9.17) is 10.3 Å². The number of hydrogen-bond donors (Lipinski definition) is 1. The number of nitrogen functional groups attached to an aromatic ring is 1. The minimum absolute atomic E-state index is 0.407. The second kappa shape index (κ2) is 3.63. The van der Waals surface area contributed by atoms with Crippen LogP contribution in [-0.4, -0.2) is 5.16 Å². The standard InChI is InChI=1S/C14H12N2O/c1-9-6-7-12(13-8-14(15)16-17-13)11-5-3-2-4-10(9)11/h2-8H,1H3,(H2,15,16). The maximum atomic E-state index is 5.59. The van der Waals surface area contributed by atoms with Gasteiger partial charge in [0.15, 0.2) is 11.6 Å². The highest BCUT2D eigenvalue weighted by Gasteiger charge is 2.09. The number of nitrogens with zero attached hydrogens (tertiary/aromatic N) is 1. The van der Waals surface area contributed by atoms with E-state index >= 15 is 0 Å². The van der Waals surface area contributed by atoms with Crippen molar-refractivity contribution in [2.24, 2.45) is 0 Å². The first-order valence-electron chi connectivity index (χ1n) is 5.46. The molecule has 2 aromatic carbocycles. The van der Waals surface area contributed by atoms with E-state index in [2.05, 4.69) is 30.3 Å². The Morgan fingerprint density at radius 1 is 1.06 bits per heavy atom. The second-order valence-electron chi connectivity index (χ2n) is 4.09. The summed E-state index contributed by atoms with van der Waals surface area (Å²) in [4.78, 5) is 0. The molecule has 84 valence electrons. The average Bonchev–Trinajstić information content (AvgIpc) is 2.77. The summed E-state index contributed by atoms with van der Waals surface area (Å²) in [6.45, 7) is 2.10. The van der Waals surface area contributed by atoms with Gasteiger partial charge in [-0.2, -0.15) is 0 Å². The van der Waals surface area contributed by atoms with Crippen LogP contribution in [0.5, 0.6) is 0 Å². The van der Waals surface area contributed by atoms with E-state index in [1.54, 1.807) is 6.07 Å². The summed E-state index contributed by atoms with van der Waals surface area (Å²) in [6, 6.07) is 14.1. The van der Waals surface area contributed by atoms with Crippen LogP contribution in [0.1, 0.15) is 5.56 Å². The number of aromatic nitrogens is 1. The topological polar surface area (TPSA) is 52.0 Å². The number of fused-ring (bicyclic) bond motifs is 1. The Kier molecular flexibility index (Phi) is 2.11. The average molecular weight is 224 g/mol. The molecule has 2 N–H and O–H groups in total. The van der Waals surface area contributed by atoms with Crippen molar-refractivity contribution < 1.29 is 4.52 Å². The number of nitrogens with two attached hydrogens (primary N) is 1. The zero-order valence-corrected chi connectivity index (χ0v) is 9.47. The largest absolute Gasteiger partial charge is 0.381 e. The van der Waals surface area contributed by atoms with Gasteiger partial charge < -0.3 is 10.3 Å². The molecule has 0 saturated carbocycles. The van der Waals surface area contributed by atoms with Crippen LogP contribution in [0.3, 0.4) is 0 Å². The molecule has 1 heterocycles. The number of benzene rings is 2. The van der Waals surface area contributed by atoms with E-state index in [0.29, 0.717) is 11.6 Å². The predicted molar refractivity (Wildman–Crippen MR) is 68.6 cm³/mol. The predicted octanol–water partition coefficient (Wildman–Crippen LogP) is 3.39. The molecule has 3 aromatic rings. The highest BCUT2D eigenvalue weighted by molar-refractivity contribution is 5.97. The van der Waals surface area contributed by atoms with Crippen molar-refractivity contribution in [2.45, 2.75) is 6.92 Å². The van der Waals surface area contributed by atoms with Crippen molar-refractivity contribution in [3.05, 3.63) is 48.0 Å². The molecule has 0 atom stereocenters. The Balaban J connectivity index is 2.34. The summed E-state index contributed by atoms with van der Waals surface area (Å²) in [6.07, 6.45) is 0. The Morgan fingerprint density at radius 2 is 1.82 bits per heavy atom. The Morgan fingerprint density at radius 3 is 2.53 bits per heavy atom. The molecule has 0 radical (unpaired) electrons. The summed E-state index contributed by atoms with van der Waals surface area (Å²) >= 11 is 0. The fourth-order valence-corrected chi connectivity index (χ4v) is 2.08. The lowest BCUT2D eigenvalue weighted by Crippen LogP contribution is -1.83. The summed E-state index contributed by atoms with van der Waals surface area (Å²) in [5.74, 6) is 1.11. The highest BCUT2D eigenvalue weighted by Crippen LogP contribution is 2.31. The first-order chi connectivity index (χ1) is 8.25. The van der Waals surface area contributed by atoms with Crippen molar-refractivity contribution in [1.29, 1.82) is 0 Å². The molecule has 3 rings (SSSR count). The smallest absolute Gasteiger partial charge is 0.169 e. The van der Waals surface area contributed by atoms with Crippen LogP contribution in [0, 0.1) is 6.92 Å². The normalized spacial score (nSPS) is 10.9. The molecule has 1 aromatic heterocycles. The number of hydrogen-bond acceptors (Lipinski definition) is 3. The fourth-order valence-electron chi connectivity index (χ4n) is 2.08. The van der Waals surface area contributed by atoms with Gasteiger partial charge in [-0.05, 0) is 23.3 Å². The molecular formula is C14H12N2O. The zero-order valence-electron chi connectivity index (χ0n) is 9.47. The Bertz CT molecular complexity index is 686. The van der Waals surface area contributed by atoms with E-state index in [1.165, 1.54) is 10.9 Å². The summed E-state index contributed by atoms with van der Waals surface area (Å²) in [5.41, 5.74) is 7.86. The lowest BCUT2D eigenvalue weighted by molar-refractivity contribution is 0.436. The van der Waals surface area contributed by atoms with Crippen LogP contribution >= 0.6 is 0 Å². The molecule has 0 fully saturated rings. The van der Waals surface area contributed by atoms with Crippen LogP contribution in [-0.2, 0) is 0 Å². The van der Waals surface area contributed by atoms with Crippen LogP contribution < -0.4 is 5.73 Å². The van der Waals surface area contributed by atoms with E-state index in [-0.39, 0.29) is 0 Å². The lowest BCUT2D eigenvalue weighted by Gasteiger charge is -2.05. The first kappa shape index (κ1) is 9.90. The Hall–Kier alpha value is -2.29. The summed E-state index contributed by atoms with van der Waals surface area (Å²) < 4.78 is 5.22. The van der Waals surface area contributed by atoms with E-state index in [0.717, 1.165) is 10.9 Å². The van der Waals surface area contributed by atoms with Crippen LogP contribution in [0.2, 0.25) is 0 Å². The number of aryl methyl sites for hydroxylation is 1. The SMILES string of the molecule is Cc1ccc(-c2cc(N)no2)c2ccccc12. The monoisotopic (exact) mass is 224 g/mol. The molecule has 0 amide bonds. The van der Waals surface area contributed by atoms with Crippen molar-refractivity contribution in [2.75, 3.05) is 5.73 Å². The third kappa shape index (κ3) is 1.56. The van der Waals surface area contributed by atoms with Gasteiger partial charge in [0.1, 0.15) is 0 Å². The molecular weight excluding hydrogens is 212 g/mol. The molecule has 0 spiro atoms. The van der Waals surface area contributed by atoms with Crippen molar-refractivity contribution in [3.8, 4) is 11.3 Å². The highest BCUT2D eigenvalue weighted by atomic mass is 16.5. The van der Waals surface area contributed by atoms with Crippen LogP contribution in [0.15, 0.2) is 47.0 Å². The van der Waals surface area contributed by atoms with Gasteiger partial charge in [-0.25, -0.2) is 0 Å². The maximum Gasteiger partial charge on any atom is 0.169 e. The van der Waals surface area contributed by atoms with Gasteiger partial charge in [0.2, 0.25) is 0 Å². The molecule has 0 unspecified atom stereocenters. The quantitative estimate of drug-likeness (QED) is 0.689. The van der Waals surface area contributed by atoms with Gasteiger partial charge in [0.05, 0.1) is 0 Å². The molecule has 0 saturated heterocycles. The summed E-state index contributed by atoms with van der Waals surface area (Å²) in [7, 11) is 0. The first-order valence-corrected chi connectivity index (χ1v) is 5.46. The van der Waals surface area contributed by atoms with Gasteiger partial charge in [-0.1, -0.05) is 41.6 Å². The van der Waals surface area contributed by atoms with Gasteiger partial charge in [0, 0.05) is 11.6 Å². The third-order valence-corrected chi connectivity index (χ3v) is 2.94. The van der Waals surface area contributed by atoms with Gasteiger partial charge in [0.25, 0.3) is 0 Å². The minimum atomic E-state index is 0.407. The fraction of sp³-hybridized carbons (Fsp3) is 0.0714. The van der Waals surface area contributed by atoms with Crippen molar-refractivity contribution in [1.82, 2.24) is 5.16 Å². The third-order valence-electron chi connectivity index (χ3n) is 2.94. The zero-order chi connectivity index (χ0) is 11.8. The van der Waals surface area contributed by atoms with Gasteiger partial charge in [-0.3, -0.25) is 0 Å². The minimum Gasteiger partial charge on any atom is -0.381 e. The summed E-state index contributed by atoms with van der Waals surface area (Å²) in [5, 5.41) is 6.10. The number of rotatable bonds is 1. The van der Waals surface area contributed by atoms with E-state index < -0.39 is 0 Å². The van der Waals surface area contributed by atoms with Gasteiger partial charge >= 0.3 is 0 Å². The molecule has 0 bridgehead atoms. The molecule has 17 heavy (non-hydrogen) atoms. The maximum absolute atomic E-state index is 5.59. The molecule has 3 heteroatoms. The second-order valence-corrected chi connectivity index (χ2v) is 4.09. The molecule has 0 aliphatic carbocycles. The van der Waals surface area contributed by atoms with Gasteiger partial charge in [-0.15, -0.1) is 0 Å². The van der Waals surface area contributed by atoms with E-state index in [9.17, 15) is 0 Å². The van der Waals surface area contributed by atoms with Crippen molar-refractivity contribution >= 4 is 16.6 Å². The molecule has 0 aliphatic heterocycles. The Labute approximate surface area is 98.8 Å². The number of anilines is 1. The van der Waals surface area contributed by atoms with Crippen molar-refractivity contribution in [3.63, 3.8) is 0 Å². The lowest BCUT2D eigenvalue weighted by atomic mass is 9.99.